The highest BCUT2D eigenvalue weighted by atomic mass is 35.5. The molecule has 7 N–H and O–H groups in total. The Kier molecular flexibility index (Phi) is 15.2. The van der Waals surface area contributed by atoms with Crippen molar-refractivity contribution in [2.45, 2.75) is 101 Å². The van der Waals surface area contributed by atoms with Crippen molar-refractivity contribution in [3.63, 3.8) is 0 Å². The zero-order valence-corrected chi connectivity index (χ0v) is 33.7. The van der Waals surface area contributed by atoms with Crippen LogP contribution in [0.25, 0.3) is 11.1 Å². The summed E-state index contributed by atoms with van der Waals surface area (Å²) in [6.07, 6.45) is 6.41. The number of aromatic nitrogens is 1. The van der Waals surface area contributed by atoms with Gasteiger partial charge in [0.2, 0.25) is 5.91 Å². The number of ether oxygens (including phenoxy) is 1. The van der Waals surface area contributed by atoms with Crippen LogP contribution in [-0.4, -0.2) is 124 Å². The molecule has 4 atom stereocenters. The molecule has 1 unspecified atom stereocenters. The Balaban J connectivity index is 0.908. The highest BCUT2D eigenvalue weighted by Crippen LogP contribution is 2.50. The van der Waals surface area contributed by atoms with E-state index in [1.165, 1.54) is 11.1 Å². The molecule has 2 aliphatic carbocycles. The fourth-order valence-corrected chi connectivity index (χ4v) is 7.69. The number of aliphatic hydroxyl groups excluding tert-OH is 4. The lowest BCUT2D eigenvalue weighted by molar-refractivity contribution is -0.133. The third-order valence-corrected chi connectivity index (χ3v) is 11.9. The van der Waals surface area contributed by atoms with Crippen LogP contribution in [0.3, 0.4) is 0 Å². The minimum Gasteiger partial charge on any atom is -0.490 e. The summed E-state index contributed by atoms with van der Waals surface area (Å²) in [6.45, 7) is 5.97. The number of rotatable bonds is 21. The van der Waals surface area contributed by atoms with Crippen LogP contribution < -0.4 is 20.7 Å². The molecule has 310 valence electrons. The predicted molar refractivity (Wildman–Crippen MR) is 219 cm³/mol. The number of piperazine rings is 1. The second-order valence-electron chi connectivity index (χ2n) is 15.8. The number of aliphatic hydroxyl groups is 4. The molecule has 3 amide bonds. The van der Waals surface area contributed by atoms with Crippen LogP contribution in [0, 0.1) is 0 Å². The van der Waals surface area contributed by atoms with Gasteiger partial charge in [-0.1, -0.05) is 48.9 Å². The number of pyridine rings is 1. The predicted octanol–water partition coefficient (Wildman–Crippen LogP) is 3.90. The van der Waals surface area contributed by atoms with Gasteiger partial charge in [-0.3, -0.25) is 14.7 Å². The molecule has 2 saturated carbocycles. The number of urea groups is 1. The number of carbonyl (C=O) groups is 2. The summed E-state index contributed by atoms with van der Waals surface area (Å²) in [7, 11) is 0. The van der Waals surface area contributed by atoms with E-state index in [1.54, 1.807) is 0 Å². The molecule has 3 aliphatic rings. The lowest BCUT2D eigenvalue weighted by Crippen LogP contribution is -2.51. The van der Waals surface area contributed by atoms with Crippen molar-refractivity contribution >= 4 is 23.5 Å². The standard InChI is InChI=1S/C43H59ClN6O7/c1-29(5-4-8-40(54)50-22-20-49(21-23-50)19-18-46-42(56)47-28-38(53)41(55)37(52)14-24-51)30-9-12-36(44)31(25-30)26-48-43(15-16-43)35-27-45-17-13-33(35)34-6-2-3-7-39(34)57-32-10-11-32/h2-3,6-7,9,12-13,17,25,27,29,32,37-38,41,48,51-53,55H,4-5,8,10-11,14-16,18-24,26,28H2,1H3,(H2,46,47,56)/t29?,37-,38+,41+/m1/s1. The molecule has 1 saturated heterocycles. The maximum Gasteiger partial charge on any atom is 0.314 e. The molecule has 3 aromatic rings. The van der Waals surface area contributed by atoms with E-state index in [4.69, 9.17) is 21.4 Å². The van der Waals surface area contributed by atoms with E-state index in [9.17, 15) is 24.9 Å². The molecule has 0 bridgehead atoms. The molecule has 1 aromatic heterocycles. The van der Waals surface area contributed by atoms with Gasteiger partial charge in [-0.25, -0.2) is 4.79 Å². The first-order valence-electron chi connectivity index (χ1n) is 20.5. The summed E-state index contributed by atoms with van der Waals surface area (Å²) >= 11 is 6.76. The number of benzene rings is 2. The number of para-hydroxylation sites is 1. The van der Waals surface area contributed by atoms with Crippen molar-refractivity contribution in [3.8, 4) is 16.9 Å². The van der Waals surface area contributed by atoms with Crippen LogP contribution >= 0.6 is 11.6 Å². The van der Waals surface area contributed by atoms with E-state index in [1.807, 2.05) is 29.4 Å². The maximum absolute atomic E-state index is 13.1. The Hall–Kier alpha value is -3.82. The molecule has 57 heavy (non-hydrogen) atoms. The number of hydrogen-bond acceptors (Lipinski definition) is 10. The minimum absolute atomic E-state index is 0.0723. The Bertz CT molecular complexity index is 1780. The van der Waals surface area contributed by atoms with Crippen molar-refractivity contribution in [2.75, 3.05) is 52.4 Å². The van der Waals surface area contributed by atoms with Gasteiger partial charge >= 0.3 is 6.03 Å². The molecule has 0 spiro atoms. The molecular formula is C43H59ClN6O7. The van der Waals surface area contributed by atoms with E-state index >= 15 is 0 Å². The van der Waals surface area contributed by atoms with Crippen LogP contribution in [0.1, 0.15) is 80.9 Å². The molecule has 3 fully saturated rings. The molecule has 6 rings (SSSR count). The van der Waals surface area contributed by atoms with Gasteiger partial charge in [0.05, 0.1) is 18.3 Å². The first-order chi connectivity index (χ1) is 27.6. The highest BCUT2D eigenvalue weighted by molar-refractivity contribution is 6.31. The number of amides is 3. The largest absolute Gasteiger partial charge is 0.490 e. The normalized spacial score (nSPS) is 18.7. The molecular weight excluding hydrogens is 748 g/mol. The van der Waals surface area contributed by atoms with Gasteiger partial charge in [0.25, 0.3) is 0 Å². The molecule has 2 heterocycles. The average molecular weight is 807 g/mol. The van der Waals surface area contributed by atoms with Gasteiger partial charge in [-0.15, -0.1) is 0 Å². The number of nitrogens with one attached hydrogen (secondary N) is 3. The lowest BCUT2D eigenvalue weighted by Gasteiger charge is -2.34. The van der Waals surface area contributed by atoms with Crippen LogP contribution in [0.15, 0.2) is 60.9 Å². The molecule has 1 aliphatic heterocycles. The van der Waals surface area contributed by atoms with E-state index in [0.29, 0.717) is 58.3 Å². The first-order valence-corrected chi connectivity index (χ1v) is 20.9. The third-order valence-electron chi connectivity index (χ3n) is 11.5. The number of carbonyl (C=O) groups excluding carboxylic acids is 2. The van der Waals surface area contributed by atoms with Crippen LogP contribution in [0.4, 0.5) is 4.79 Å². The molecule has 0 radical (unpaired) electrons. The maximum atomic E-state index is 13.1. The number of nitrogens with zero attached hydrogens (tertiary/aromatic N) is 3. The summed E-state index contributed by atoms with van der Waals surface area (Å²) in [4.78, 5) is 33.9. The Morgan fingerprint density at radius 1 is 0.982 bits per heavy atom. The molecule has 2 aromatic carbocycles. The van der Waals surface area contributed by atoms with Gasteiger partial charge < -0.3 is 46.0 Å². The monoisotopic (exact) mass is 806 g/mol. The van der Waals surface area contributed by atoms with E-state index in [-0.39, 0.29) is 36.9 Å². The quantitative estimate of drug-likeness (QED) is 0.0835. The van der Waals surface area contributed by atoms with Crippen molar-refractivity contribution < 1.29 is 34.8 Å². The van der Waals surface area contributed by atoms with E-state index in [2.05, 4.69) is 69.2 Å². The summed E-state index contributed by atoms with van der Waals surface area (Å²) in [6, 6.07) is 16.2. The number of halogens is 1. The average Bonchev–Trinajstić information content (AvgIpc) is 4.17. The van der Waals surface area contributed by atoms with Gasteiger partial charge in [-0.2, -0.15) is 0 Å². The summed E-state index contributed by atoms with van der Waals surface area (Å²) in [5, 5.41) is 48.2. The Morgan fingerprint density at radius 2 is 1.75 bits per heavy atom. The highest BCUT2D eigenvalue weighted by Gasteiger charge is 2.46. The van der Waals surface area contributed by atoms with Crippen molar-refractivity contribution in [2.24, 2.45) is 0 Å². The second kappa shape index (κ2) is 20.2. The summed E-state index contributed by atoms with van der Waals surface area (Å²) < 4.78 is 6.28. The smallest absolute Gasteiger partial charge is 0.314 e. The Labute approximate surface area is 340 Å². The zero-order chi connectivity index (χ0) is 40.4. The van der Waals surface area contributed by atoms with Gasteiger partial charge in [0, 0.05) is 93.9 Å². The zero-order valence-electron chi connectivity index (χ0n) is 32.9. The summed E-state index contributed by atoms with van der Waals surface area (Å²) in [5.41, 5.74) is 5.54. The van der Waals surface area contributed by atoms with E-state index in [0.717, 1.165) is 66.0 Å². The van der Waals surface area contributed by atoms with Crippen LogP contribution in [0.5, 0.6) is 5.75 Å². The van der Waals surface area contributed by atoms with Crippen molar-refractivity contribution in [1.82, 2.24) is 30.7 Å². The molecule has 13 nitrogen and oxygen atoms in total. The Morgan fingerprint density at radius 3 is 2.49 bits per heavy atom. The minimum atomic E-state index is -1.47. The first kappa shape index (κ1) is 42.8. The van der Waals surface area contributed by atoms with Crippen molar-refractivity contribution in [3.05, 3.63) is 82.6 Å². The second-order valence-corrected chi connectivity index (χ2v) is 16.2. The fraction of sp³-hybridized carbons (Fsp3) is 0.558. The van der Waals surface area contributed by atoms with Crippen LogP contribution in [-0.2, 0) is 16.9 Å². The van der Waals surface area contributed by atoms with Gasteiger partial charge in [0.1, 0.15) is 11.9 Å². The topological polar surface area (TPSA) is 180 Å². The SMILES string of the molecule is CC(CCCC(=O)N1CCN(CCNC(=O)NC[C@H](O)[C@@H](O)[C@H](O)CCO)CC1)c1ccc(Cl)c(CNC2(c3cnccc3-c3ccccc3OC3CC3)CC2)c1. The number of hydrogen-bond donors (Lipinski definition) is 7. The van der Waals surface area contributed by atoms with Gasteiger partial charge in [-0.05, 0) is 91.3 Å². The molecule has 14 heteroatoms. The van der Waals surface area contributed by atoms with Crippen molar-refractivity contribution in [1.29, 1.82) is 0 Å². The summed E-state index contributed by atoms with van der Waals surface area (Å²) in [5.74, 6) is 1.36. The van der Waals surface area contributed by atoms with Gasteiger partial charge in [0.15, 0.2) is 0 Å². The fourth-order valence-electron chi connectivity index (χ4n) is 7.51. The lowest BCUT2D eigenvalue weighted by atomic mass is 9.93. The van der Waals surface area contributed by atoms with E-state index < -0.39 is 24.3 Å². The third kappa shape index (κ3) is 11.9. The van der Waals surface area contributed by atoms with Crippen LogP contribution in [0.2, 0.25) is 5.02 Å².